The van der Waals surface area contributed by atoms with Crippen molar-refractivity contribution in [1.82, 2.24) is 10.7 Å². The van der Waals surface area contributed by atoms with E-state index in [1.807, 2.05) is 14.1 Å². The van der Waals surface area contributed by atoms with Crippen LogP contribution in [0.5, 0.6) is 0 Å². The fourth-order valence-electron chi connectivity index (χ4n) is 0.829. The molecule has 0 unspecified atom stereocenters. The topological polar surface area (TPSA) is 36.4 Å². The first-order chi connectivity index (χ1) is 4.38. The Kier molecular flexibility index (Phi) is 1.92. The van der Waals surface area contributed by atoms with Crippen molar-refractivity contribution in [2.75, 3.05) is 14.1 Å². The standard InChI is InChI=1S/C6H13N3/c1-7-6(9-8-2)5-3-4-5/h5,8H,3-4H2,1-2H3,(H,7,9). The third-order valence-corrected chi connectivity index (χ3v) is 1.45. The highest BCUT2D eigenvalue weighted by molar-refractivity contribution is 5.86. The van der Waals surface area contributed by atoms with Gasteiger partial charge in [-0.2, -0.15) is 5.10 Å². The van der Waals surface area contributed by atoms with E-state index >= 15 is 0 Å². The lowest BCUT2D eigenvalue weighted by atomic mass is 10.4. The highest BCUT2D eigenvalue weighted by atomic mass is 15.3. The minimum atomic E-state index is 0.711. The van der Waals surface area contributed by atoms with Crippen molar-refractivity contribution in [2.24, 2.45) is 11.0 Å². The number of amidine groups is 1. The molecule has 0 saturated heterocycles. The van der Waals surface area contributed by atoms with Gasteiger partial charge in [0.15, 0.2) is 0 Å². The van der Waals surface area contributed by atoms with Gasteiger partial charge in [0.1, 0.15) is 5.84 Å². The first kappa shape index (κ1) is 6.39. The fourth-order valence-corrected chi connectivity index (χ4v) is 0.829. The Morgan fingerprint density at radius 1 is 1.44 bits per heavy atom. The van der Waals surface area contributed by atoms with Crippen LogP contribution in [0.1, 0.15) is 12.8 Å². The van der Waals surface area contributed by atoms with E-state index in [1.54, 1.807) is 0 Å². The molecule has 1 rings (SSSR count). The van der Waals surface area contributed by atoms with E-state index in [-0.39, 0.29) is 0 Å². The van der Waals surface area contributed by atoms with Crippen LogP contribution in [0, 0.1) is 5.92 Å². The van der Waals surface area contributed by atoms with Crippen molar-refractivity contribution in [3.63, 3.8) is 0 Å². The summed E-state index contributed by atoms with van der Waals surface area (Å²) in [7, 11) is 3.73. The van der Waals surface area contributed by atoms with Crippen LogP contribution in [0.2, 0.25) is 0 Å². The average molecular weight is 127 g/mol. The van der Waals surface area contributed by atoms with E-state index < -0.39 is 0 Å². The molecule has 0 aromatic rings. The van der Waals surface area contributed by atoms with Crippen LogP contribution in [0.4, 0.5) is 0 Å². The predicted octanol–water partition coefficient (Wildman–Crippen LogP) is 0.149. The van der Waals surface area contributed by atoms with Crippen molar-refractivity contribution in [3.8, 4) is 0 Å². The Bertz CT molecular complexity index is 115. The van der Waals surface area contributed by atoms with Crippen molar-refractivity contribution in [2.45, 2.75) is 12.8 Å². The molecular weight excluding hydrogens is 114 g/mol. The Morgan fingerprint density at radius 3 is 2.44 bits per heavy atom. The minimum Gasteiger partial charge on any atom is -0.375 e. The van der Waals surface area contributed by atoms with Crippen molar-refractivity contribution in [1.29, 1.82) is 0 Å². The molecule has 0 heterocycles. The lowest BCUT2D eigenvalue weighted by molar-refractivity contribution is 0.858. The van der Waals surface area contributed by atoms with Gasteiger partial charge in [-0.1, -0.05) is 0 Å². The molecular formula is C6H13N3. The Morgan fingerprint density at radius 2 is 2.11 bits per heavy atom. The highest BCUT2D eigenvalue weighted by Gasteiger charge is 2.26. The molecule has 3 nitrogen and oxygen atoms in total. The lowest BCUT2D eigenvalue weighted by Crippen LogP contribution is -2.22. The molecule has 9 heavy (non-hydrogen) atoms. The quantitative estimate of drug-likeness (QED) is 0.315. The first-order valence-electron chi connectivity index (χ1n) is 3.30. The molecule has 0 bridgehead atoms. The molecule has 1 aliphatic rings. The fraction of sp³-hybridized carbons (Fsp3) is 0.833. The van der Waals surface area contributed by atoms with Gasteiger partial charge >= 0.3 is 0 Å². The lowest BCUT2D eigenvalue weighted by Gasteiger charge is -2.00. The van der Waals surface area contributed by atoms with Crippen molar-refractivity contribution >= 4 is 5.84 Å². The van der Waals surface area contributed by atoms with Gasteiger partial charge in [0.25, 0.3) is 0 Å². The third kappa shape index (κ3) is 1.59. The van der Waals surface area contributed by atoms with Crippen molar-refractivity contribution < 1.29 is 0 Å². The first-order valence-corrected chi connectivity index (χ1v) is 3.30. The number of nitrogens with one attached hydrogen (secondary N) is 2. The number of hydrogen-bond donors (Lipinski definition) is 2. The zero-order chi connectivity index (χ0) is 6.69. The largest absolute Gasteiger partial charge is 0.375 e. The molecule has 2 N–H and O–H groups in total. The molecule has 0 amide bonds. The summed E-state index contributed by atoms with van der Waals surface area (Å²) in [5.41, 5.74) is 2.77. The van der Waals surface area contributed by atoms with Crippen LogP contribution >= 0.6 is 0 Å². The summed E-state index contributed by atoms with van der Waals surface area (Å²) in [6, 6.07) is 0. The molecule has 0 atom stereocenters. The molecule has 0 aliphatic heterocycles. The van der Waals surface area contributed by atoms with Gasteiger partial charge in [-0.15, -0.1) is 0 Å². The summed E-state index contributed by atoms with van der Waals surface area (Å²) in [4.78, 5) is 0. The maximum absolute atomic E-state index is 4.06. The zero-order valence-corrected chi connectivity index (χ0v) is 5.94. The van der Waals surface area contributed by atoms with Crippen LogP contribution in [-0.2, 0) is 0 Å². The highest BCUT2D eigenvalue weighted by Crippen LogP contribution is 2.29. The molecule has 0 aromatic carbocycles. The minimum absolute atomic E-state index is 0.711. The van der Waals surface area contributed by atoms with Gasteiger partial charge in [-0.05, 0) is 12.8 Å². The number of hydrogen-bond acceptors (Lipinski definition) is 2. The summed E-state index contributed by atoms with van der Waals surface area (Å²) in [6.45, 7) is 0. The predicted molar refractivity (Wildman–Crippen MR) is 38.3 cm³/mol. The Labute approximate surface area is 55.5 Å². The van der Waals surface area contributed by atoms with Gasteiger partial charge in [-0.25, -0.2) is 0 Å². The molecule has 0 spiro atoms. The normalized spacial score (nSPS) is 19.6. The average Bonchev–Trinajstić information content (AvgIpc) is 2.64. The van der Waals surface area contributed by atoms with Crippen molar-refractivity contribution in [3.05, 3.63) is 0 Å². The molecule has 52 valence electrons. The summed E-state index contributed by atoms with van der Waals surface area (Å²) in [5, 5.41) is 7.11. The molecule has 1 fully saturated rings. The summed E-state index contributed by atoms with van der Waals surface area (Å²) < 4.78 is 0. The van der Waals surface area contributed by atoms with E-state index in [0.29, 0.717) is 5.92 Å². The second-order valence-corrected chi connectivity index (χ2v) is 2.24. The van der Waals surface area contributed by atoms with Gasteiger partial charge in [0.05, 0.1) is 0 Å². The van der Waals surface area contributed by atoms with Gasteiger partial charge < -0.3 is 10.7 Å². The van der Waals surface area contributed by atoms with E-state index in [9.17, 15) is 0 Å². The monoisotopic (exact) mass is 127 g/mol. The second kappa shape index (κ2) is 2.71. The maximum atomic E-state index is 4.06. The number of nitrogens with zero attached hydrogens (tertiary/aromatic N) is 1. The number of rotatable bonds is 2. The van der Waals surface area contributed by atoms with E-state index in [4.69, 9.17) is 0 Å². The zero-order valence-electron chi connectivity index (χ0n) is 5.94. The summed E-state index contributed by atoms with van der Waals surface area (Å²) in [5.74, 6) is 1.81. The van der Waals surface area contributed by atoms with Gasteiger partial charge in [0.2, 0.25) is 0 Å². The van der Waals surface area contributed by atoms with Crippen LogP contribution in [-0.4, -0.2) is 19.9 Å². The summed E-state index contributed by atoms with van der Waals surface area (Å²) >= 11 is 0. The molecule has 1 saturated carbocycles. The molecule has 0 aromatic heterocycles. The SMILES string of the molecule is CN/N=C(\NC)C1CC1. The van der Waals surface area contributed by atoms with Crippen LogP contribution < -0.4 is 10.7 Å². The molecule has 3 heteroatoms. The van der Waals surface area contributed by atoms with Gasteiger partial charge in [-0.3, -0.25) is 0 Å². The van der Waals surface area contributed by atoms with Crippen LogP contribution in [0.25, 0.3) is 0 Å². The van der Waals surface area contributed by atoms with E-state index in [2.05, 4.69) is 15.8 Å². The van der Waals surface area contributed by atoms with Crippen LogP contribution in [0.15, 0.2) is 5.10 Å². The maximum Gasteiger partial charge on any atom is 0.125 e. The Hall–Kier alpha value is -0.730. The van der Waals surface area contributed by atoms with E-state index in [0.717, 1.165) is 5.84 Å². The molecule has 0 radical (unpaired) electrons. The third-order valence-electron chi connectivity index (χ3n) is 1.45. The smallest absolute Gasteiger partial charge is 0.125 e. The Balaban J connectivity index is 2.37. The van der Waals surface area contributed by atoms with Crippen LogP contribution in [0.3, 0.4) is 0 Å². The van der Waals surface area contributed by atoms with E-state index in [1.165, 1.54) is 12.8 Å². The van der Waals surface area contributed by atoms with Gasteiger partial charge in [0, 0.05) is 20.0 Å². The second-order valence-electron chi connectivity index (χ2n) is 2.24. The number of hydrazone groups is 1. The summed E-state index contributed by atoms with van der Waals surface area (Å²) in [6.07, 6.45) is 2.59. The molecule has 1 aliphatic carbocycles.